The molecule has 1 aromatic carbocycles. The van der Waals surface area contributed by atoms with Gasteiger partial charge in [-0.05, 0) is 24.6 Å². The summed E-state index contributed by atoms with van der Waals surface area (Å²) in [7, 11) is -3.53. The molecule has 1 fully saturated rings. The van der Waals surface area contributed by atoms with Crippen LogP contribution in [-0.2, 0) is 26.1 Å². The minimum Gasteiger partial charge on any atom is -0.378 e. The van der Waals surface area contributed by atoms with Crippen molar-refractivity contribution in [2.24, 2.45) is 0 Å². The molecular weight excluding hydrogens is 382 g/mol. The molecule has 1 aliphatic rings. The fraction of sp³-hybridized carbons (Fsp3) is 0.611. The number of carbonyl (C=O) groups is 1. The van der Waals surface area contributed by atoms with Crippen LogP contribution in [-0.4, -0.2) is 77.9 Å². The first-order valence-corrected chi connectivity index (χ1v) is 11.1. The number of hydrogen-bond acceptors (Lipinski definition) is 6. The highest BCUT2D eigenvalue weighted by molar-refractivity contribution is 7.89. The molecule has 0 saturated carbocycles. The highest BCUT2D eigenvalue weighted by Gasteiger charge is 2.22. The Hall–Kier alpha value is -2.04. The average molecular weight is 410 g/mol. The molecule has 3 rings (SSSR count). The Labute approximate surface area is 165 Å². The van der Waals surface area contributed by atoms with Crippen LogP contribution in [0, 0.1) is 0 Å². The van der Waals surface area contributed by atoms with Crippen molar-refractivity contribution in [1.29, 1.82) is 0 Å². The predicted molar refractivity (Wildman–Crippen MR) is 104 cm³/mol. The molecule has 0 N–H and O–H groups in total. The van der Waals surface area contributed by atoms with Gasteiger partial charge in [-0.1, -0.05) is 19.1 Å². The summed E-state index contributed by atoms with van der Waals surface area (Å²) >= 11 is 0. The van der Waals surface area contributed by atoms with E-state index in [1.165, 1.54) is 4.31 Å². The number of sulfonamides is 1. The first-order valence-electron chi connectivity index (χ1n) is 9.66. The molecule has 0 unspecified atom stereocenters. The van der Waals surface area contributed by atoms with Gasteiger partial charge in [0.25, 0.3) is 0 Å². The Morgan fingerprint density at radius 2 is 1.93 bits per heavy atom. The summed E-state index contributed by atoms with van der Waals surface area (Å²) in [4.78, 5) is 14.3. The molecule has 1 amide bonds. The van der Waals surface area contributed by atoms with Gasteiger partial charge in [0.2, 0.25) is 15.9 Å². The fourth-order valence-electron chi connectivity index (χ4n) is 3.34. The number of aryl methyl sites for hydroxylation is 1. The van der Waals surface area contributed by atoms with Gasteiger partial charge < -0.3 is 9.64 Å². The lowest BCUT2D eigenvalue weighted by molar-refractivity contribution is -0.135. The topological polar surface area (TPSA) is 97.6 Å². The van der Waals surface area contributed by atoms with Gasteiger partial charge in [0.05, 0.1) is 23.6 Å². The third-order valence-corrected chi connectivity index (χ3v) is 7.00. The molecule has 1 saturated heterocycles. The van der Waals surface area contributed by atoms with Gasteiger partial charge in [-0.2, -0.15) is 4.31 Å². The number of amides is 1. The van der Waals surface area contributed by atoms with Crippen molar-refractivity contribution < 1.29 is 17.9 Å². The van der Waals surface area contributed by atoms with Gasteiger partial charge >= 0.3 is 0 Å². The van der Waals surface area contributed by atoms with Crippen molar-refractivity contribution in [3.8, 4) is 0 Å². The SMILES string of the molecule is CCN(CC)S(=O)(=O)c1ccc2c(c1)nnn2CCCC(=O)N1CCOCC1. The van der Waals surface area contributed by atoms with Crippen LogP contribution in [0.15, 0.2) is 23.1 Å². The number of ether oxygens (including phenoxy) is 1. The van der Waals surface area contributed by atoms with Crippen molar-refractivity contribution >= 4 is 27.0 Å². The molecule has 0 radical (unpaired) electrons. The molecule has 1 aromatic heterocycles. The molecule has 1 aliphatic heterocycles. The van der Waals surface area contributed by atoms with Crippen LogP contribution in [0.3, 0.4) is 0 Å². The molecule has 0 atom stereocenters. The van der Waals surface area contributed by atoms with E-state index in [1.807, 2.05) is 18.7 Å². The van der Waals surface area contributed by atoms with Crippen molar-refractivity contribution in [3.63, 3.8) is 0 Å². The van der Waals surface area contributed by atoms with E-state index in [2.05, 4.69) is 10.3 Å². The molecule has 0 aliphatic carbocycles. The quantitative estimate of drug-likeness (QED) is 0.648. The second kappa shape index (κ2) is 8.97. The second-order valence-electron chi connectivity index (χ2n) is 6.65. The number of fused-ring (bicyclic) bond motifs is 1. The van der Waals surface area contributed by atoms with Crippen LogP contribution >= 0.6 is 0 Å². The Balaban J connectivity index is 1.66. The highest BCUT2D eigenvalue weighted by atomic mass is 32.2. The summed E-state index contributed by atoms with van der Waals surface area (Å²) in [5.74, 6) is 0.125. The van der Waals surface area contributed by atoms with Gasteiger partial charge in [0.15, 0.2) is 0 Å². The minimum absolute atomic E-state index is 0.125. The summed E-state index contributed by atoms with van der Waals surface area (Å²) < 4.78 is 33.7. The molecule has 0 spiro atoms. The van der Waals surface area contributed by atoms with Crippen LogP contribution in [0.4, 0.5) is 0 Å². The molecular formula is C18H27N5O4S. The molecule has 0 bridgehead atoms. The molecule has 10 heteroatoms. The number of aromatic nitrogens is 3. The number of carbonyl (C=O) groups excluding carboxylic acids is 1. The third-order valence-electron chi connectivity index (χ3n) is 4.95. The Morgan fingerprint density at radius 1 is 1.21 bits per heavy atom. The van der Waals surface area contributed by atoms with Gasteiger partial charge in [-0.3, -0.25) is 4.79 Å². The monoisotopic (exact) mass is 409 g/mol. The standard InChI is InChI=1S/C18H27N5O4S/c1-3-22(4-2)28(25,26)15-7-8-17-16(14-15)19-20-23(17)9-5-6-18(24)21-10-12-27-13-11-21/h7-8,14H,3-6,9-13H2,1-2H3. The Bertz CT molecular complexity index is 917. The largest absolute Gasteiger partial charge is 0.378 e. The summed E-state index contributed by atoms with van der Waals surface area (Å²) in [6, 6.07) is 4.88. The van der Waals surface area contributed by atoms with E-state index in [0.29, 0.717) is 64.3 Å². The first kappa shape index (κ1) is 20.7. The van der Waals surface area contributed by atoms with E-state index in [-0.39, 0.29) is 10.8 Å². The third kappa shape index (κ3) is 4.34. The maximum absolute atomic E-state index is 12.7. The normalized spacial score (nSPS) is 15.5. The van der Waals surface area contributed by atoms with Crippen LogP contribution in [0.1, 0.15) is 26.7 Å². The Morgan fingerprint density at radius 3 is 2.61 bits per heavy atom. The molecule has 154 valence electrons. The maximum atomic E-state index is 12.7. The van der Waals surface area contributed by atoms with E-state index in [0.717, 1.165) is 5.52 Å². The van der Waals surface area contributed by atoms with Gasteiger partial charge in [0.1, 0.15) is 5.52 Å². The minimum atomic E-state index is -3.53. The van der Waals surface area contributed by atoms with Crippen LogP contribution < -0.4 is 0 Å². The zero-order valence-electron chi connectivity index (χ0n) is 16.4. The summed E-state index contributed by atoms with van der Waals surface area (Å²) in [5, 5.41) is 8.24. The highest BCUT2D eigenvalue weighted by Crippen LogP contribution is 2.21. The molecule has 2 aromatic rings. The lowest BCUT2D eigenvalue weighted by atomic mass is 10.2. The van der Waals surface area contributed by atoms with E-state index in [1.54, 1.807) is 22.9 Å². The smallest absolute Gasteiger partial charge is 0.243 e. The van der Waals surface area contributed by atoms with Gasteiger partial charge in [-0.25, -0.2) is 13.1 Å². The van der Waals surface area contributed by atoms with E-state index in [9.17, 15) is 13.2 Å². The fourth-order valence-corrected chi connectivity index (χ4v) is 4.82. The van der Waals surface area contributed by atoms with Crippen molar-refractivity contribution in [1.82, 2.24) is 24.2 Å². The molecule has 28 heavy (non-hydrogen) atoms. The number of benzene rings is 1. The lowest BCUT2D eigenvalue weighted by Gasteiger charge is -2.26. The van der Waals surface area contributed by atoms with Crippen LogP contribution in [0.25, 0.3) is 11.0 Å². The zero-order chi connectivity index (χ0) is 20.1. The van der Waals surface area contributed by atoms with Crippen molar-refractivity contribution in [2.75, 3.05) is 39.4 Å². The second-order valence-corrected chi connectivity index (χ2v) is 8.59. The number of nitrogens with zero attached hydrogens (tertiary/aromatic N) is 5. The zero-order valence-corrected chi connectivity index (χ0v) is 17.2. The summed E-state index contributed by atoms with van der Waals surface area (Å²) in [5.41, 5.74) is 1.30. The van der Waals surface area contributed by atoms with E-state index >= 15 is 0 Å². The summed E-state index contributed by atoms with van der Waals surface area (Å²) in [6.07, 6.45) is 1.09. The van der Waals surface area contributed by atoms with Crippen LogP contribution in [0.2, 0.25) is 0 Å². The van der Waals surface area contributed by atoms with Gasteiger partial charge in [0, 0.05) is 39.1 Å². The predicted octanol–water partition coefficient (Wildman–Crippen LogP) is 1.10. The molecule has 2 heterocycles. The number of rotatable bonds is 8. The van der Waals surface area contributed by atoms with E-state index in [4.69, 9.17) is 4.74 Å². The first-order chi connectivity index (χ1) is 13.5. The van der Waals surface area contributed by atoms with Gasteiger partial charge in [-0.15, -0.1) is 5.10 Å². The maximum Gasteiger partial charge on any atom is 0.243 e. The van der Waals surface area contributed by atoms with E-state index < -0.39 is 10.0 Å². The summed E-state index contributed by atoms with van der Waals surface area (Å²) in [6.45, 7) is 7.50. The van der Waals surface area contributed by atoms with Crippen molar-refractivity contribution in [3.05, 3.63) is 18.2 Å². The number of morpholine rings is 1. The molecule has 9 nitrogen and oxygen atoms in total. The average Bonchev–Trinajstić information content (AvgIpc) is 3.11. The number of hydrogen-bond donors (Lipinski definition) is 0. The van der Waals surface area contributed by atoms with Crippen LogP contribution in [0.5, 0.6) is 0 Å². The Kier molecular flexibility index (Phi) is 6.63. The van der Waals surface area contributed by atoms with Crippen molar-refractivity contribution in [2.45, 2.75) is 38.1 Å². The lowest BCUT2D eigenvalue weighted by Crippen LogP contribution is -2.40.